The Morgan fingerprint density at radius 2 is 1.86 bits per heavy atom. The molecule has 2 N–H and O–H groups in total. The number of methoxy groups -OCH3 is 1. The molecule has 0 fully saturated rings. The number of phenols is 1. The van der Waals surface area contributed by atoms with E-state index < -0.39 is 61.6 Å². The topological polar surface area (TPSA) is 150 Å². The van der Waals surface area contributed by atoms with E-state index in [1.807, 2.05) is 0 Å². The third-order valence-electron chi connectivity index (χ3n) is 5.74. The van der Waals surface area contributed by atoms with E-state index in [9.17, 15) is 36.7 Å². The lowest BCUT2D eigenvalue weighted by atomic mass is 10.2. The van der Waals surface area contributed by atoms with E-state index >= 15 is 0 Å². The molecule has 3 aromatic rings. The Labute approximate surface area is 208 Å². The predicted molar refractivity (Wildman–Crippen MR) is 126 cm³/mol. The lowest BCUT2D eigenvalue weighted by molar-refractivity contribution is -0.117. The lowest BCUT2D eigenvalue weighted by Crippen LogP contribution is -2.44. The van der Waals surface area contributed by atoms with Crippen LogP contribution in [0, 0.1) is 18.6 Å². The second kappa shape index (κ2) is 9.61. The summed E-state index contributed by atoms with van der Waals surface area (Å²) in [4.78, 5) is 42.0. The summed E-state index contributed by atoms with van der Waals surface area (Å²) in [7, 11) is -2.81. The van der Waals surface area contributed by atoms with Gasteiger partial charge in [-0.15, -0.1) is 0 Å². The van der Waals surface area contributed by atoms with Gasteiger partial charge in [0.1, 0.15) is 4.91 Å². The Morgan fingerprint density at radius 3 is 2.51 bits per heavy atom. The zero-order chi connectivity index (χ0) is 27.1. The van der Waals surface area contributed by atoms with Gasteiger partial charge in [-0.1, -0.05) is 0 Å². The molecule has 1 aromatic carbocycles. The van der Waals surface area contributed by atoms with Crippen molar-refractivity contribution in [1.29, 1.82) is 0 Å². The molecule has 0 saturated heterocycles. The largest absolute Gasteiger partial charge is 0.503 e. The van der Waals surface area contributed by atoms with Crippen molar-refractivity contribution < 1.29 is 31.8 Å². The van der Waals surface area contributed by atoms with E-state index in [1.165, 1.54) is 20.2 Å². The maximum Gasteiger partial charge on any atom is 0.335 e. The number of ether oxygens (including phenoxy) is 1. The van der Waals surface area contributed by atoms with Gasteiger partial charge in [0.2, 0.25) is 5.88 Å². The van der Waals surface area contributed by atoms with Crippen molar-refractivity contribution in [3.05, 3.63) is 90.2 Å². The standard InChI is InChI=1S/C23H20F2N4O7S/c1-12-17-11-37(34,35)18(21(31)27-8-13-3-4-26-19(7-13)36-2)10-28(17)23(33)29(22(12)32)9-14-5-15(24)20(30)16(25)6-14/h3-7,10,30H,8-9,11H2,1-2H3,(H,27,31). The van der Waals surface area contributed by atoms with Crippen LogP contribution in [0.3, 0.4) is 0 Å². The fourth-order valence-electron chi connectivity index (χ4n) is 3.78. The van der Waals surface area contributed by atoms with Crippen LogP contribution in [-0.4, -0.2) is 40.7 Å². The number of pyridine rings is 1. The molecule has 14 heteroatoms. The highest BCUT2D eigenvalue weighted by molar-refractivity contribution is 7.95. The van der Waals surface area contributed by atoms with Gasteiger partial charge in [-0.05, 0) is 36.2 Å². The lowest BCUT2D eigenvalue weighted by Gasteiger charge is -2.21. The highest BCUT2D eigenvalue weighted by Gasteiger charge is 2.33. The number of halogens is 2. The second-order valence-corrected chi connectivity index (χ2v) is 10.1. The summed E-state index contributed by atoms with van der Waals surface area (Å²) in [5.74, 6) is -5.24. The van der Waals surface area contributed by atoms with Crippen molar-refractivity contribution in [3.8, 4) is 11.6 Å². The number of nitrogens with zero attached hydrogens (tertiary/aromatic N) is 3. The number of amides is 1. The summed E-state index contributed by atoms with van der Waals surface area (Å²) >= 11 is 0. The molecule has 194 valence electrons. The first kappa shape index (κ1) is 25.8. The van der Waals surface area contributed by atoms with E-state index in [-0.39, 0.29) is 23.4 Å². The molecule has 0 unspecified atom stereocenters. The Kier molecular flexibility index (Phi) is 6.69. The molecule has 0 spiro atoms. The fourth-order valence-corrected chi connectivity index (χ4v) is 5.27. The number of nitrogens with one attached hydrogen (secondary N) is 1. The van der Waals surface area contributed by atoms with Gasteiger partial charge in [0.25, 0.3) is 11.5 Å². The van der Waals surface area contributed by atoms with Gasteiger partial charge in [0.05, 0.1) is 25.1 Å². The van der Waals surface area contributed by atoms with Crippen molar-refractivity contribution in [2.45, 2.75) is 25.8 Å². The molecule has 0 radical (unpaired) electrons. The first-order chi connectivity index (χ1) is 17.4. The molecule has 11 nitrogen and oxygen atoms in total. The van der Waals surface area contributed by atoms with Gasteiger partial charge >= 0.3 is 5.69 Å². The van der Waals surface area contributed by atoms with Crippen molar-refractivity contribution in [2.24, 2.45) is 0 Å². The molecule has 1 aliphatic heterocycles. The molecule has 0 saturated carbocycles. The van der Waals surface area contributed by atoms with Gasteiger partial charge in [0.15, 0.2) is 27.2 Å². The molecular weight excluding hydrogens is 514 g/mol. The second-order valence-electron chi connectivity index (χ2n) is 8.17. The minimum absolute atomic E-state index is 0.0666. The van der Waals surface area contributed by atoms with E-state index in [4.69, 9.17) is 4.74 Å². The van der Waals surface area contributed by atoms with Gasteiger partial charge in [-0.3, -0.25) is 18.7 Å². The third-order valence-corrected chi connectivity index (χ3v) is 7.35. The molecule has 0 bridgehead atoms. The van der Waals surface area contributed by atoms with E-state index in [2.05, 4.69) is 10.3 Å². The van der Waals surface area contributed by atoms with Crippen LogP contribution in [0.25, 0.3) is 6.20 Å². The van der Waals surface area contributed by atoms with Crippen LogP contribution in [0.5, 0.6) is 11.6 Å². The number of fused-ring (bicyclic) bond motifs is 1. The van der Waals surface area contributed by atoms with Crippen LogP contribution in [0.4, 0.5) is 8.78 Å². The number of carbonyl (C=O) groups excluding carboxylic acids is 1. The minimum Gasteiger partial charge on any atom is -0.503 e. The van der Waals surface area contributed by atoms with E-state index in [0.717, 1.165) is 22.9 Å². The quantitative estimate of drug-likeness (QED) is 0.472. The minimum atomic E-state index is -4.22. The summed E-state index contributed by atoms with van der Waals surface area (Å²) in [6.07, 6.45) is 2.26. The zero-order valence-electron chi connectivity index (χ0n) is 19.5. The molecule has 0 atom stereocenters. The van der Waals surface area contributed by atoms with Crippen LogP contribution in [0.2, 0.25) is 0 Å². The van der Waals surface area contributed by atoms with Gasteiger partial charge in [-0.2, -0.15) is 0 Å². The number of sulfone groups is 1. The van der Waals surface area contributed by atoms with Crippen molar-refractivity contribution in [1.82, 2.24) is 19.4 Å². The number of aromatic nitrogens is 3. The predicted octanol–water partition coefficient (Wildman–Crippen LogP) is 0.797. The Bertz CT molecular complexity index is 1670. The normalized spacial score (nSPS) is 14.0. The molecule has 37 heavy (non-hydrogen) atoms. The smallest absolute Gasteiger partial charge is 0.335 e. The molecule has 2 aromatic heterocycles. The third kappa shape index (κ3) is 4.87. The Hall–Kier alpha value is -4.33. The number of rotatable bonds is 6. The van der Waals surface area contributed by atoms with Crippen LogP contribution < -0.4 is 21.3 Å². The number of hydrogen-bond acceptors (Lipinski definition) is 8. The molecule has 3 heterocycles. The molecule has 0 aliphatic carbocycles. The molecule has 4 rings (SSSR count). The van der Waals surface area contributed by atoms with Crippen LogP contribution in [0.15, 0.2) is 45.0 Å². The summed E-state index contributed by atoms with van der Waals surface area (Å²) < 4.78 is 59.8. The summed E-state index contributed by atoms with van der Waals surface area (Å²) in [5.41, 5.74) is -1.67. The average Bonchev–Trinajstić information content (AvgIpc) is 2.86. The highest BCUT2D eigenvalue weighted by Crippen LogP contribution is 2.24. The van der Waals surface area contributed by atoms with Crippen LogP contribution >= 0.6 is 0 Å². The van der Waals surface area contributed by atoms with E-state index in [1.54, 1.807) is 12.1 Å². The fraction of sp³-hybridized carbons (Fsp3) is 0.217. The molecular formula is C23H20F2N4O7S. The zero-order valence-corrected chi connectivity index (χ0v) is 20.3. The SMILES string of the molecule is COc1cc(CNC(=O)C2=Cn3c(c(C)c(=O)n(Cc4cc(F)c(O)c(F)c4)c3=O)CS2(=O)=O)ccn1. The summed E-state index contributed by atoms with van der Waals surface area (Å²) in [5, 5.41) is 11.7. The molecule has 1 aliphatic rings. The maximum atomic E-state index is 13.8. The van der Waals surface area contributed by atoms with Crippen LogP contribution in [0.1, 0.15) is 22.4 Å². The van der Waals surface area contributed by atoms with Crippen LogP contribution in [-0.2, 0) is 33.5 Å². The van der Waals surface area contributed by atoms with E-state index in [0.29, 0.717) is 16.0 Å². The Morgan fingerprint density at radius 1 is 1.19 bits per heavy atom. The van der Waals surface area contributed by atoms with Crippen molar-refractivity contribution in [3.63, 3.8) is 0 Å². The summed E-state index contributed by atoms with van der Waals surface area (Å²) in [6.45, 7) is 0.662. The average molecular weight is 534 g/mol. The van der Waals surface area contributed by atoms with Gasteiger partial charge in [0, 0.05) is 30.6 Å². The first-order valence-electron chi connectivity index (χ1n) is 10.7. The monoisotopic (exact) mass is 534 g/mol. The van der Waals surface area contributed by atoms with Gasteiger partial charge < -0.3 is 15.2 Å². The first-order valence-corrected chi connectivity index (χ1v) is 12.3. The van der Waals surface area contributed by atoms with Gasteiger partial charge in [-0.25, -0.2) is 27.0 Å². The number of hydrogen-bond donors (Lipinski definition) is 2. The van der Waals surface area contributed by atoms with Crippen molar-refractivity contribution >= 4 is 21.9 Å². The summed E-state index contributed by atoms with van der Waals surface area (Å²) in [6, 6.07) is 4.65. The van der Waals surface area contributed by atoms with Crippen molar-refractivity contribution in [2.75, 3.05) is 7.11 Å². The molecule has 1 amide bonds. The maximum absolute atomic E-state index is 13.8. The number of aromatic hydroxyl groups is 1. The number of benzene rings is 1. The number of carbonyl (C=O) groups is 1. The Balaban J connectivity index is 1.73. The highest BCUT2D eigenvalue weighted by atomic mass is 32.2. The number of phenolic OH excluding ortho intramolecular Hbond substituents is 1.